The van der Waals surface area contributed by atoms with E-state index < -0.39 is 10.5 Å². The fraction of sp³-hybridized carbons (Fsp3) is 0.450. The van der Waals surface area contributed by atoms with Crippen LogP contribution in [-0.2, 0) is 6.42 Å². The molecule has 1 aliphatic rings. The van der Waals surface area contributed by atoms with Crippen LogP contribution in [0.15, 0.2) is 43.5 Å². The Kier molecular flexibility index (Phi) is 6.42. The lowest BCUT2D eigenvalue weighted by Gasteiger charge is -2.41. The molecule has 1 aromatic rings. The highest BCUT2D eigenvalue weighted by molar-refractivity contribution is 8.15. The smallest absolute Gasteiger partial charge is 0.284 e. The normalized spacial score (nSPS) is 25.2. The van der Waals surface area contributed by atoms with E-state index in [0.717, 1.165) is 5.56 Å². The molecule has 2 atom stereocenters. The van der Waals surface area contributed by atoms with Crippen LogP contribution in [0.1, 0.15) is 25.3 Å². The van der Waals surface area contributed by atoms with Gasteiger partial charge in [0.1, 0.15) is 0 Å². The molecule has 1 amide bonds. The van der Waals surface area contributed by atoms with Crippen molar-refractivity contribution < 1.29 is 19.4 Å². The first-order valence-corrected chi connectivity index (χ1v) is 9.32. The molecule has 1 aromatic carbocycles. The minimum absolute atomic E-state index is 0.126. The molecular formula is C20H27NO4S. The number of aliphatic hydroxyl groups is 1. The number of carbonyl (C=O) groups excluding carboxylic acids is 1. The van der Waals surface area contributed by atoms with Crippen LogP contribution in [0.5, 0.6) is 11.5 Å². The van der Waals surface area contributed by atoms with Gasteiger partial charge in [-0.05, 0) is 37.5 Å². The monoisotopic (exact) mass is 377 g/mol. The molecule has 1 saturated heterocycles. The summed E-state index contributed by atoms with van der Waals surface area (Å²) in [5.74, 6) is 1.30. The number of amides is 1. The standard InChI is InChI=1S/C20H27NO4S/c1-6-11-19(3)20(23,12-7-2)21(18(22)26-19)13-10-15-8-9-16(24-4)17(14-15)25-5/h6-9,14,23H,1-2,10-13H2,3-5H3. The van der Waals surface area contributed by atoms with Gasteiger partial charge in [0.2, 0.25) is 0 Å². The number of benzene rings is 1. The highest BCUT2D eigenvalue weighted by atomic mass is 32.2. The molecule has 0 bridgehead atoms. The number of carbonyl (C=O) groups is 1. The van der Waals surface area contributed by atoms with E-state index >= 15 is 0 Å². The molecule has 0 aliphatic carbocycles. The van der Waals surface area contributed by atoms with E-state index in [1.165, 1.54) is 11.8 Å². The van der Waals surface area contributed by atoms with Gasteiger partial charge in [0.25, 0.3) is 5.24 Å². The van der Waals surface area contributed by atoms with E-state index in [1.807, 2.05) is 25.1 Å². The van der Waals surface area contributed by atoms with E-state index in [1.54, 1.807) is 31.3 Å². The maximum absolute atomic E-state index is 12.6. The zero-order chi connectivity index (χ0) is 19.4. The SMILES string of the molecule is C=CCC1(C)SC(=O)N(CCc2ccc(OC)c(OC)c2)C1(O)CC=C. The number of ether oxygens (including phenoxy) is 2. The Bertz CT molecular complexity index is 692. The molecule has 1 fully saturated rings. The van der Waals surface area contributed by atoms with Crippen LogP contribution in [0.25, 0.3) is 0 Å². The summed E-state index contributed by atoms with van der Waals surface area (Å²) in [6.07, 6.45) is 4.83. The fourth-order valence-corrected chi connectivity index (χ4v) is 4.62. The molecule has 142 valence electrons. The summed E-state index contributed by atoms with van der Waals surface area (Å²) < 4.78 is 9.93. The topological polar surface area (TPSA) is 59.0 Å². The van der Waals surface area contributed by atoms with E-state index in [4.69, 9.17) is 9.47 Å². The average Bonchev–Trinajstić information content (AvgIpc) is 2.79. The molecule has 0 radical (unpaired) electrons. The maximum Gasteiger partial charge on any atom is 0.284 e. The van der Waals surface area contributed by atoms with Gasteiger partial charge in [0.15, 0.2) is 17.2 Å². The summed E-state index contributed by atoms with van der Waals surface area (Å²) in [6, 6.07) is 5.67. The van der Waals surface area contributed by atoms with Crippen molar-refractivity contribution in [2.75, 3.05) is 20.8 Å². The van der Waals surface area contributed by atoms with Crippen LogP contribution in [0.3, 0.4) is 0 Å². The summed E-state index contributed by atoms with van der Waals surface area (Å²) in [4.78, 5) is 14.2. The minimum Gasteiger partial charge on any atom is -0.493 e. The number of thioether (sulfide) groups is 1. The lowest BCUT2D eigenvalue weighted by molar-refractivity contribution is -0.0915. The summed E-state index contributed by atoms with van der Waals surface area (Å²) in [5, 5.41) is 11.2. The number of methoxy groups -OCH3 is 2. The molecule has 26 heavy (non-hydrogen) atoms. The molecule has 0 spiro atoms. The molecule has 0 saturated carbocycles. The van der Waals surface area contributed by atoms with E-state index in [-0.39, 0.29) is 5.24 Å². The van der Waals surface area contributed by atoms with Crippen molar-refractivity contribution in [2.24, 2.45) is 0 Å². The number of hydrogen-bond donors (Lipinski definition) is 1. The zero-order valence-corrected chi connectivity index (χ0v) is 16.5. The predicted octanol–water partition coefficient (Wildman–Crippen LogP) is 4.01. The highest BCUT2D eigenvalue weighted by Crippen LogP contribution is 2.51. The first kappa shape index (κ1) is 20.4. The van der Waals surface area contributed by atoms with Gasteiger partial charge in [-0.1, -0.05) is 30.0 Å². The Hall–Kier alpha value is -1.92. The molecule has 0 aromatic heterocycles. The first-order valence-electron chi connectivity index (χ1n) is 8.51. The van der Waals surface area contributed by atoms with Gasteiger partial charge in [-0.15, -0.1) is 13.2 Å². The van der Waals surface area contributed by atoms with Crippen molar-refractivity contribution in [2.45, 2.75) is 36.7 Å². The van der Waals surface area contributed by atoms with E-state index in [0.29, 0.717) is 37.3 Å². The van der Waals surface area contributed by atoms with Gasteiger partial charge in [-0.2, -0.15) is 0 Å². The summed E-state index contributed by atoms with van der Waals surface area (Å²) in [5.41, 5.74) is -0.292. The van der Waals surface area contributed by atoms with Crippen molar-refractivity contribution in [1.29, 1.82) is 0 Å². The van der Waals surface area contributed by atoms with E-state index in [9.17, 15) is 9.90 Å². The van der Waals surface area contributed by atoms with Crippen LogP contribution < -0.4 is 9.47 Å². The quantitative estimate of drug-likeness (QED) is 0.659. The fourth-order valence-electron chi connectivity index (χ4n) is 3.33. The Balaban J connectivity index is 2.23. The summed E-state index contributed by atoms with van der Waals surface area (Å²) >= 11 is 1.17. The third kappa shape index (κ3) is 3.62. The molecule has 1 aliphatic heterocycles. The first-order chi connectivity index (χ1) is 12.3. The number of nitrogens with zero attached hydrogens (tertiary/aromatic N) is 1. The van der Waals surface area contributed by atoms with Gasteiger partial charge in [-0.3, -0.25) is 4.79 Å². The number of allylic oxidation sites excluding steroid dienone is 1. The van der Waals surface area contributed by atoms with Crippen molar-refractivity contribution in [1.82, 2.24) is 4.90 Å². The maximum atomic E-state index is 12.6. The van der Waals surface area contributed by atoms with Crippen LogP contribution in [0.4, 0.5) is 4.79 Å². The van der Waals surface area contributed by atoms with E-state index in [2.05, 4.69) is 13.2 Å². The second kappa shape index (κ2) is 8.18. The second-order valence-electron chi connectivity index (χ2n) is 6.49. The Labute approximate surface area is 159 Å². The lowest BCUT2D eigenvalue weighted by atomic mass is 9.88. The molecule has 2 unspecified atom stereocenters. The highest BCUT2D eigenvalue weighted by Gasteiger charge is 2.59. The van der Waals surface area contributed by atoms with Crippen molar-refractivity contribution in [3.05, 3.63) is 49.1 Å². The third-order valence-electron chi connectivity index (χ3n) is 4.86. The van der Waals surface area contributed by atoms with Gasteiger partial charge in [0, 0.05) is 13.0 Å². The Morgan fingerprint density at radius 1 is 1.19 bits per heavy atom. The van der Waals surface area contributed by atoms with Gasteiger partial charge in [0.05, 0.1) is 19.0 Å². The zero-order valence-electron chi connectivity index (χ0n) is 15.7. The average molecular weight is 378 g/mol. The predicted molar refractivity (Wildman–Crippen MR) is 106 cm³/mol. The molecule has 1 heterocycles. The van der Waals surface area contributed by atoms with Crippen LogP contribution in [0, 0.1) is 0 Å². The van der Waals surface area contributed by atoms with Crippen molar-refractivity contribution in [3.8, 4) is 11.5 Å². The largest absolute Gasteiger partial charge is 0.493 e. The second-order valence-corrected chi connectivity index (χ2v) is 7.95. The Morgan fingerprint density at radius 2 is 1.85 bits per heavy atom. The summed E-state index contributed by atoms with van der Waals surface area (Å²) in [6.45, 7) is 9.82. The van der Waals surface area contributed by atoms with Crippen LogP contribution in [-0.4, -0.2) is 46.5 Å². The minimum atomic E-state index is -1.29. The molecule has 5 nitrogen and oxygen atoms in total. The lowest BCUT2D eigenvalue weighted by Crippen LogP contribution is -2.56. The van der Waals surface area contributed by atoms with Crippen molar-refractivity contribution >= 4 is 17.0 Å². The molecule has 1 N–H and O–H groups in total. The van der Waals surface area contributed by atoms with Crippen LogP contribution >= 0.6 is 11.8 Å². The molecule has 6 heteroatoms. The van der Waals surface area contributed by atoms with Gasteiger partial charge >= 0.3 is 0 Å². The Morgan fingerprint density at radius 3 is 2.42 bits per heavy atom. The van der Waals surface area contributed by atoms with Gasteiger partial charge in [-0.25, -0.2) is 0 Å². The number of rotatable bonds is 9. The van der Waals surface area contributed by atoms with Gasteiger partial charge < -0.3 is 19.5 Å². The molecule has 2 rings (SSSR count). The van der Waals surface area contributed by atoms with Crippen molar-refractivity contribution in [3.63, 3.8) is 0 Å². The molecular weight excluding hydrogens is 350 g/mol. The summed E-state index contributed by atoms with van der Waals surface area (Å²) in [7, 11) is 3.18. The number of hydrogen-bond acceptors (Lipinski definition) is 5. The van der Waals surface area contributed by atoms with Crippen LogP contribution in [0.2, 0.25) is 0 Å². The third-order valence-corrected chi connectivity index (χ3v) is 6.20.